The number of hydrogen-bond acceptors (Lipinski definition) is 2. The first-order valence-electron chi connectivity index (χ1n) is 3.17. The molecule has 2 nitrogen and oxygen atoms in total. The normalized spacial score (nSPS) is 43.7. The van der Waals surface area contributed by atoms with Crippen molar-refractivity contribution >= 4 is 22.6 Å². The summed E-state index contributed by atoms with van der Waals surface area (Å²) < 4.78 is 0.565. The van der Waals surface area contributed by atoms with E-state index in [4.69, 9.17) is 5.11 Å². The summed E-state index contributed by atoms with van der Waals surface area (Å²) in [5, 5.41) is 17.9. The van der Waals surface area contributed by atoms with Crippen molar-refractivity contribution in [1.29, 1.82) is 0 Å². The van der Waals surface area contributed by atoms with Gasteiger partial charge in [-0.2, -0.15) is 0 Å². The topological polar surface area (TPSA) is 40.5 Å². The fourth-order valence-electron chi connectivity index (χ4n) is 1.23. The molecule has 0 aromatic rings. The molecule has 1 fully saturated rings. The highest BCUT2D eigenvalue weighted by atomic mass is 127. The van der Waals surface area contributed by atoms with Crippen LogP contribution in [0.4, 0.5) is 0 Å². The zero-order valence-corrected chi connectivity index (χ0v) is 7.28. The van der Waals surface area contributed by atoms with Gasteiger partial charge in [-0.25, -0.2) is 0 Å². The molecule has 54 valence electrons. The van der Waals surface area contributed by atoms with E-state index in [0.29, 0.717) is 3.92 Å². The summed E-state index contributed by atoms with van der Waals surface area (Å²) in [4.78, 5) is 0. The van der Waals surface area contributed by atoms with Crippen molar-refractivity contribution in [2.45, 2.75) is 22.9 Å². The fraction of sp³-hybridized carbons (Fsp3) is 1.00. The second-order valence-corrected chi connectivity index (χ2v) is 4.34. The van der Waals surface area contributed by atoms with Crippen molar-refractivity contribution in [2.24, 2.45) is 5.92 Å². The summed E-state index contributed by atoms with van der Waals surface area (Å²) in [6.07, 6.45) is 1.57. The van der Waals surface area contributed by atoms with E-state index in [2.05, 4.69) is 22.6 Å². The minimum absolute atomic E-state index is 0.140. The molecule has 0 aromatic carbocycles. The summed E-state index contributed by atoms with van der Waals surface area (Å²) in [6.45, 7) is 0.140. The lowest BCUT2D eigenvalue weighted by Gasteiger charge is -2.08. The van der Waals surface area contributed by atoms with E-state index in [-0.39, 0.29) is 18.6 Å². The van der Waals surface area contributed by atoms with Gasteiger partial charge in [-0.1, -0.05) is 22.6 Å². The van der Waals surface area contributed by atoms with Crippen molar-refractivity contribution < 1.29 is 10.2 Å². The molecule has 3 heteroatoms. The predicted octanol–water partition coefficient (Wildman–Crippen LogP) is 0.553. The second-order valence-electron chi connectivity index (χ2n) is 2.58. The van der Waals surface area contributed by atoms with Crippen LogP contribution in [0.15, 0.2) is 0 Å². The Morgan fingerprint density at radius 2 is 2.11 bits per heavy atom. The van der Waals surface area contributed by atoms with Gasteiger partial charge in [-0.15, -0.1) is 0 Å². The second kappa shape index (κ2) is 3.16. The molecule has 0 heterocycles. The molecule has 1 aliphatic carbocycles. The van der Waals surface area contributed by atoms with E-state index in [1.54, 1.807) is 0 Å². The Hall–Kier alpha value is 0.650. The molecule has 0 aromatic heterocycles. The Bertz CT molecular complexity index is 97.1. The fourth-order valence-corrected chi connectivity index (χ4v) is 2.41. The molecule has 9 heavy (non-hydrogen) atoms. The van der Waals surface area contributed by atoms with Crippen molar-refractivity contribution in [3.8, 4) is 0 Å². The molecule has 1 rings (SSSR count). The molecular weight excluding hydrogens is 231 g/mol. The lowest BCUT2D eigenvalue weighted by atomic mass is 10.1. The molecule has 0 amide bonds. The highest BCUT2D eigenvalue weighted by molar-refractivity contribution is 14.1. The summed E-state index contributed by atoms with van der Waals surface area (Å²) in [6, 6.07) is 0. The van der Waals surface area contributed by atoms with Crippen LogP contribution in [-0.4, -0.2) is 26.8 Å². The Balaban J connectivity index is 2.38. The van der Waals surface area contributed by atoms with Gasteiger partial charge in [0.05, 0.1) is 6.10 Å². The van der Waals surface area contributed by atoms with Gasteiger partial charge in [0, 0.05) is 16.4 Å². The smallest absolute Gasteiger partial charge is 0.0600 e. The average molecular weight is 242 g/mol. The Morgan fingerprint density at radius 1 is 1.44 bits per heavy atom. The Morgan fingerprint density at radius 3 is 2.33 bits per heavy atom. The first kappa shape index (κ1) is 7.75. The SMILES string of the molecule is OCC1CC(I)CC1O. The van der Waals surface area contributed by atoms with Gasteiger partial charge < -0.3 is 10.2 Å². The largest absolute Gasteiger partial charge is 0.396 e. The van der Waals surface area contributed by atoms with E-state index < -0.39 is 0 Å². The third-order valence-electron chi connectivity index (χ3n) is 1.83. The van der Waals surface area contributed by atoms with Crippen LogP contribution in [0.1, 0.15) is 12.8 Å². The van der Waals surface area contributed by atoms with E-state index in [9.17, 15) is 5.11 Å². The van der Waals surface area contributed by atoms with E-state index >= 15 is 0 Å². The Kier molecular flexibility index (Phi) is 2.73. The van der Waals surface area contributed by atoms with Crippen molar-refractivity contribution in [3.63, 3.8) is 0 Å². The average Bonchev–Trinajstić information content (AvgIpc) is 2.10. The molecule has 3 unspecified atom stereocenters. The standard InChI is InChI=1S/C6H11IO2/c7-5-1-4(3-8)6(9)2-5/h4-6,8-9H,1-3H2. The molecule has 0 radical (unpaired) electrons. The van der Waals surface area contributed by atoms with Crippen LogP contribution in [0.3, 0.4) is 0 Å². The lowest BCUT2D eigenvalue weighted by molar-refractivity contribution is 0.0909. The number of aliphatic hydroxyl groups excluding tert-OH is 2. The van der Waals surface area contributed by atoms with Gasteiger partial charge in [0.25, 0.3) is 0 Å². The predicted molar refractivity (Wildman–Crippen MR) is 43.6 cm³/mol. The number of halogens is 1. The van der Waals surface area contributed by atoms with E-state index in [0.717, 1.165) is 12.8 Å². The molecule has 0 aliphatic heterocycles. The van der Waals surface area contributed by atoms with Crippen molar-refractivity contribution in [3.05, 3.63) is 0 Å². The molecule has 1 aliphatic rings. The van der Waals surface area contributed by atoms with Gasteiger partial charge in [0.2, 0.25) is 0 Å². The number of hydrogen-bond donors (Lipinski definition) is 2. The monoisotopic (exact) mass is 242 g/mol. The minimum Gasteiger partial charge on any atom is -0.396 e. The molecule has 0 saturated heterocycles. The Labute approximate surface area is 68.4 Å². The van der Waals surface area contributed by atoms with Gasteiger partial charge in [-0.3, -0.25) is 0 Å². The van der Waals surface area contributed by atoms with Crippen LogP contribution in [0, 0.1) is 5.92 Å². The van der Waals surface area contributed by atoms with Crippen molar-refractivity contribution in [1.82, 2.24) is 0 Å². The van der Waals surface area contributed by atoms with Gasteiger partial charge >= 0.3 is 0 Å². The van der Waals surface area contributed by atoms with Crippen LogP contribution < -0.4 is 0 Å². The molecule has 1 saturated carbocycles. The maximum atomic E-state index is 9.19. The first-order chi connectivity index (χ1) is 4.24. The minimum atomic E-state index is -0.253. The summed E-state index contributed by atoms with van der Waals surface area (Å²) in [7, 11) is 0. The number of aliphatic hydroxyl groups is 2. The van der Waals surface area contributed by atoms with Crippen LogP contribution in [0.2, 0.25) is 0 Å². The highest BCUT2D eigenvalue weighted by Crippen LogP contribution is 2.30. The molecule has 2 N–H and O–H groups in total. The summed E-state index contributed by atoms with van der Waals surface area (Å²) in [5.41, 5.74) is 0. The van der Waals surface area contributed by atoms with Gasteiger partial charge in [0.1, 0.15) is 0 Å². The first-order valence-corrected chi connectivity index (χ1v) is 4.41. The van der Waals surface area contributed by atoms with Crippen LogP contribution >= 0.6 is 22.6 Å². The molecule has 0 bridgehead atoms. The zero-order valence-electron chi connectivity index (χ0n) is 5.13. The summed E-state index contributed by atoms with van der Waals surface area (Å²) >= 11 is 2.31. The zero-order chi connectivity index (χ0) is 6.85. The molecule has 3 atom stereocenters. The van der Waals surface area contributed by atoms with E-state index in [1.807, 2.05) is 0 Å². The number of rotatable bonds is 1. The van der Waals surface area contributed by atoms with Crippen molar-refractivity contribution in [2.75, 3.05) is 6.61 Å². The third kappa shape index (κ3) is 1.78. The maximum Gasteiger partial charge on any atom is 0.0600 e. The highest BCUT2D eigenvalue weighted by Gasteiger charge is 2.30. The van der Waals surface area contributed by atoms with Gasteiger partial charge in [0.15, 0.2) is 0 Å². The maximum absolute atomic E-state index is 9.19. The van der Waals surface area contributed by atoms with Crippen LogP contribution in [0.25, 0.3) is 0 Å². The molecule has 0 spiro atoms. The van der Waals surface area contributed by atoms with Gasteiger partial charge in [-0.05, 0) is 12.8 Å². The quantitative estimate of drug-likeness (QED) is 0.520. The molecular formula is C6H11IO2. The van der Waals surface area contributed by atoms with Crippen LogP contribution in [-0.2, 0) is 0 Å². The van der Waals surface area contributed by atoms with E-state index in [1.165, 1.54) is 0 Å². The third-order valence-corrected chi connectivity index (χ3v) is 2.85. The lowest BCUT2D eigenvalue weighted by Crippen LogP contribution is -2.16. The number of alkyl halides is 1. The summed E-state index contributed by atoms with van der Waals surface area (Å²) in [5.74, 6) is 0.145. The van der Waals surface area contributed by atoms with Crippen LogP contribution in [0.5, 0.6) is 0 Å².